The fourth-order valence-corrected chi connectivity index (χ4v) is 5.35. The summed E-state index contributed by atoms with van der Waals surface area (Å²) in [6.07, 6.45) is 6.47. The zero-order valence-corrected chi connectivity index (χ0v) is 24.7. The van der Waals surface area contributed by atoms with Gasteiger partial charge in [-0.25, -0.2) is 4.79 Å². The summed E-state index contributed by atoms with van der Waals surface area (Å²) < 4.78 is 0. The van der Waals surface area contributed by atoms with Gasteiger partial charge in [-0.2, -0.15) is 0 Å². The van der Waals surface area contributed by atoms with Crippen molar-refractivity contribution in [2.75, 3.05) is 11.9 Å². The van der Waals surface area contributed by atoms with Crippen LogP contribution in [0.25, 0.3) is 11.1 Å². The molecule has 1 fully saturated rings. The van der Waals surface area contributed by atoms with E-state index in [-0.39, 0.29) is 12.5 Å². The van der Waals surface area contributed by atoms with Crippen LogP contribution in [0.2, 0.25) is 0 Å². The van der Waals surface area contributed by atoms with Crippen molar-refractivity contribution in [2.45, 2.75) is 112 Å². The maximum atomic E-state index is 13.2. The van der Waals surface area contributed by atoms with Gasteiger partial charge in [0.2, 0.25) is 0 Å². The SMILES string of the molecule is CC.CC(C)(C)O.Cc1ccc(-c2c(C)c3c(c(C)c2CC(=O)O)NC(=O)N(C2CCCCC2)CC3)cc1. The van der Waals surface area contributed by atoms with Crippen LogP contribution in [0.4, 0.5) is 10.5 Å². The van der Waals surface area contributed by atoms with Gasteiger partial charge < -0.3 is 20.4 Å². The third kappa shape index (κ3) is 8.32. The van der Waals surface area contributed by atoms with Gasteiger partial charge in [-0.3, -0.25) is 4.79 Å². The fourth-order valence-electron chi connectivity index (χ4n) is 5.35. The van der Waals surface area contributed by atoms with Crippen molar-refractivity contribution in [3.05, 3.63) is 52.1 Å². The van der Waals surface area contributed by atoms with E-state index in [0.717, 1.165) is 58.3 Å². The van der Waals surface area contributed by atoms with Crippen LogP contribution in [-0.4, -0.2) is 45.3 Å². The van der Waals surface area contributed by atoms with E-state index < -0.39 is 11.6 Å². The Balaban J connectivity index is 0.000000651. The van der Waals surface area contributed by atoms with E-state index in [9.17, 15) is 14.7 Å². The molecule has 0 spiro atoms. The van der Waals surface area contributed by atoms with Gasteiger partial charge in [0, 0.05) is 18.3 Å². The van der Waals surface area contributed by atoms with Crippen molar-refractivity contribution in [1.82, 2.24) is 4.90 Å². The van der Waals surface area contributed by atoms with E-state index in [1.54, 1.807) is 20.8 Å². The normalized spacial score (nSPS) is 15.7. The maximum absolute atomic E-state index is 13.2. The molecule has 6 heteroatoms. The Hall–Kier alpha value is -2.86. The zero-order valence-electron chi connectivity index (χ0n) is 24.7. The van der Waals surface area contributed by atoms with Crippen molar-refractivity contribution in [2.24, 2.45) is 0 Å². The number of rotatable bonds is 4. The number of benzene rings is 2. The smallest absolute Gasteiger partial charge is 0.322 e. The topological polar surface area (TPSA) is 89.9 Å². The third-order valence-corrected chi connectivity index (χ3v) is 7.04. The van der Waals surface area contributed by atoms with Gasteiger partial charge >= 0.3 is 12.0 Å². The third-order valence-electron chi connectivity index (χ3n) is 7.04. The Morgan fingerprint density at radius 1 is 1.00 bits per heavy atom. The van der Waals surface area contributed by atoms with E-state index in [1.165, 1.54) is 24.8 Å². The average molecular weight is 525 g/mol. The number of carbonyl (C=O) groups excluding carboxylic acids is 1. The minimum Gasteiger partial charge on any atom is -0.481 e. The van der Waals surface area contributed by atoms with Gasteiger partial charge in [0.25, 0.3) is 0 Å². The molecule has 210 valence electrons. The van der Waals surface area contributed by atoms with Gasteiger partial charge in [-0.1, -0.05) is 62.9 Å². The van der Waals surface area contributed by atoms with Crippen LogP contribution < -0.4 is 5.32 Å². The molecular weight excluding hydrogens is 476 g/mol. The highest BCUT2D eigenvalue weighted by Crippen LogP contribution is 2.40. The summed E-state index contributed by atoms with van der Waals surface area (Å²) in [5.41, 5.74) is 7.39. The predicted molar refractivity (Wildman–Crippen MR) is 157 cm³/mol. The summed E-state index contributed by atoms with van der Waals surface area (Å²) in [7, 11) is 0. The van der Waals surface area contributed by atoms with Gasteiger partial charge in [0.1, 0.15) is 0 Å². The molecule has 0 aromatic heterocycles. The molecule has 2 aromatic rings. The first kappa shape index (κ1) is 31.4. The molecule has 2 amide bonds. The Morgan fingerprint density at radius 2 is 1.55 bits per heavy atom. The van der Waals surface area contributed by atoms with Crippen molar-refractivity contribution in [1.29, 1.82) is 0 Å². The van der Waals surface area contributed by atoms with Gasteiger partial charge in [-0.05, 0) is 94.2 Å². The number of hydrogen-bond acceptors (Lipinski definition) is 3. The highest BCUT2D eigenvalue weighted by molar-refractivity contribution is 5.95. The number of fused-ring (bicyclic) bond motifs is 1. The van der Waals surface area contributed by atoms with Crippen LogP contribution in [0.3, 0.4) is 0 Å². The summed E-state index contributed by atoms with van der Waals surface area (Å²) >= 11 is 0. The number of hydrogen-bond donors (Lipinski definition) is 3. The number of amides is 2. The Bertz CT molecular complexity index is 1090. The van der Waals surface area contributed by atoms with E-state index in [4.69, 9.17) is 5.11 Å². The van der Waals surface area contributed by atoms with E-state index in [0.29, 0.717) is 12.6 Å². The molecule has 3 N–H and O–H groups in total. The highest BCUT2D eigenvalue weighted by atomic mass is 16.4. The van der Waals surface area contributed by atoms with Gasteiger partial charge in [-0.15, -0.1) is 0 Å². The van der Waals surface area contributed by atoms with Gasteiger partial charge in [0.15, 0.2) is 0 Å². The highest BCUT2D eigenvalue weighted by Gasteiger charge is 2.31. The van der Waals surface area contributed by atoms with Crippen LogP contribution in [-0.2, 0) is 17.6 Å². The van der Waals surface area contributed by atoms with Crippen molar-refractivity contribution >= 4 is 17.7 Å². The zero-order chi connectivity index (χ0) is 28.6. The second kappa shape index (κ2) is 13.8. The molecule has 0 bridgehead atoms. The molecule has 1 saturated carbocycles. The molecule has 4 rings (SSSR count). The summed E-state index contributed by atoms with van der Waals surface area (Å²) in [4.78, 5) is 26.9. The summed E-state index contributed by atoms with van der Waals surface area (Å²) in [5, 5.41) is 21.3. The lowest BCUT2D eigenvalue weighted by Gasteiger charge is -2.33. The molecule has 0 radical (unpaired) electrons. The quantitative estimate of drug-likeness (QED) is 0.388. The Labute approximate surface area is 229 Å². The number of nitrogens with one attached hydrogen (secondary N) is 1. The number of aliphatic hydroxyl groups is 1. The first-order valence-electron chi connectivity index (χ1n) is 14.1. The number of aryl methyl sites for hydroxylation is 1. The fraction of sp³-hybridized carbons (Fsp3) is 0.562. The van der Waals surface area contributed by atoms with Crippen LogP contribution in [0.15, 0.2) is 24.3 Å². The summed E-state index contributed by atoms with van der Waals surface area (Å²) in [6, 6.07) is 8.52. The first-order chi connectivity index (χ1) is 17.9. The summed E-state index contributed by atoms with van der Waals surface area (Å²) in [6.45, 7) is 16.0. The molecule has 0 saturated heterocycles. The van der Waals surface area contributed by atoms with E-state index in [2.05, 4.69) is 36.5 Å². The van der Waals surface area contributed by atoms with Crippen LogP contribution in [0, 0.1) is 20.8 Å². The molecule has 0 unspecified atom stereocenters. The lowest BCUT2D eigenvalue weighted by atomic mass is 9.84. The number of carboxylic acid groups (broad SMARTS) is 1. The second-order valence-corrected chi connectivity index (χ2v) is 11.2. The van der Waals surface area contributed by atoms with Gasteiger partial charge in [0.05, 0.1) is 12.0 Å². The number of aliphatic carboxylic acids is 1. The maximum Gasteiger partial charge on any atom is 0.322 e. The molecule has 1 aliphatic carbocycles. The lowest BCUT2D eigenvalue weighted by Crippen LogP contribution is -2.43. The number of carboxylic acids is 1. The predicted octanol–water partition coefficient (Wildman–Crippen LogP) is 7.43. The molecule has 6 nitrogen and oxygen atoms in total. The second-order valence-electron chi connectivity index (χ2n) is 11.2. The van der Waals surface area contributed by atoms with Crippen molar-refractivity contribution < 1.29 is 19.8 Å². The molecule has 2 aliphatic rings. The van der Waals surface area contributed by atoms with Crippen molar-refractivity contribution in [3.8, 4) is 11.1 Å². The molecule has 0 atom stereocenters. The Kier molecular flexibility index (Phi) is 11.4. The van der Waals surface area contributed by atoms with Crippen LogP contribution in [0.1, 0.15) is 94.5 Å². The molecule has 38 heavy (non-hydrogen) atoms. The minimum atomic E-state index is -0.861. The Morgan fingerprint density at radius 3 is 2.08 bits per heavy atom. The molecule has 1 heterocycles. The number of carbonyl (C=O) groups is 2. The monoisotopic (exact) mass is 524 g/mol. The number of anilines is 1. The standard InChI is InChI=1S/C26H32N2O3.C4H10O.C2H6/c1-16-9-11-19(12-10-16)24-17(2)21-13-14-28(20-7-5-4-6-8-20)26(31)27-25(21)18(3)22(24)15-23(29)30;1-4(2,3)5;1-2/h9-12,20H,4-8,13-15H2,1-3H3,(H,27,31)(H,29,30);5H,1-3H3;1-2H3. The van der Waals surface area contributed by atoms with E-state index in [1.807, 2.05) is 32.6 Å². The van der Waals surface area contributed by atoms with Crippen molar-refractivity contribution in [3.63, 3.8) is 0 Å². The lowest BCUT2D eigenvalue weighted by molar-refractivity contribution is -0.136. The minimum absolute atomic E-state index is 0.0440. The number of urea groups is 1. The largest absolute Gasteiger partial charge is 0.481 e. The summed E-state index contributed by atoms with van der Waals surface area (Å²) in [5.74, 6) is -0.861. The van der Waals surface area contributed by atoms with E-state index >= 15 is 0 Å². The molecule has 1 aliphatic heterocycles. The number of nitrogens with zero attached hydrogens (tertiary/aromatic N) is 1. The molecule has 2 aromatic carbocycles. The van der Waals surface area contributed by atoms with Crippen LogP contribution in [0.5, 0.6) is 0 Å². The van der Waals surface area contributed by atoms with Crippen LogP contribution >= 0.6 is 0 Å². The average Bonchev–Trinajstić information content (AvgIpc) is 3.03. The first-order valence-corrected chi connectivity index (χ1v) is 14.1. The molecular formula is C32H48N2O4.